The van der Waals surface area contributed by atoms with Crippen molar-refractivity contribution in [1.29, 1.82) is 0 Å². The lowest BCUT2D eigenvalue weighted by Gasteiger charge is -2.05. The summed E-state index contributed by atoms with van der Waals surface area (Å²) in [6.07, 6.45) is 3.31. The predicted octanol–water partition coefficient (Wildman–Crippen LogP) is 2.33. The molecule has 0 aliphatic heterocycles. The Morgan fingerprint density at radius 1 is 1.33 bits per heavy atom. The van der Waals surface area contributed by atoms with E-state index in [4.69, 9.17) is 5.11 Å². The van der Waals surface area contributed by atoms with Gasteiger partial charge in [-0.05, 0) is 48.4 Å². The summed E-state index contributed by atoms with van der Waals surface area (Å²) in [6, 6.07) is 3.40. The van der Waals surface area contributed by atoms with Crippen molar-refractivity contribution in [3.05, 3.63) is 34.6 Å². The van der Waals surface area contributed by atoms with Crippen LogP contribution < -0.4 is 0 Å². The van der Waals surface area contributed by atoms with E-state index in [-0.39, 0.29) is 18.7 Å². The van der Waals surface area contributed by atoms with Crippen molar-refractivity contribution < 1.29 is 14.3 Å². The Hall–Kier alpha value is -1.38. The zero-order valence-electron chi connectivity index (χ0n) is 8.42. The summed E-state index contributed by atoms with van der Waals surface area (Å²) in [5.41, 5.74) is 2.82. The summed E-state index contributed by atoms with van der Waals surface area (Å²) in [5, 5.41) is 8.54. The summed E-state index contributed by atoms with van der Waals surface area (Å²) in [6.45, 7) is 0. The van der Waals surface area contributed by atoms with Gasteiger partial charge in [0.05, 0.1) is 0 Å². The van der Waals surface area contributed by atoms with Crippen molar-refractivity contribution >= 4 is 5.97 Å². The summed E-state index contributed by atoms with van der Waals surface area (Å²) in [4.78, 5) is 10.4. The first-order chi connectivity index (χ1) is 7.16. The van der Waals surface area contributed by atoms with Gasteiger partial charge in [-0.15, -0.1) is 0 Å². The number of benzene rings is 1. The van der Waals surface area contributed by atoms with Gasteiger partial charge in [0.25, 0.3) is 0 Å². The molecule has 0 amide bonds. The largest absolute Gasteiger partial charge is 0.481 e. The number of aryl methyl sites for hydroxylation is 3. The molecule has 2 nitrogen and oxygen atoms in total. The molecule has 0 bridgehead atoms. The molecule has 1 aliphatic carbocycles. The van der Waals surface area contributed by atoms with Gasteiger partial charge in [-0.1, -0.05) is 6.07 Å². The van der Waals surface area contributed by atoms with Gasteiger partial charge in [-0.3, -0.25) is 4.79 Å². The molecule has 2 rings (SSSR count). The molecule has 0 aromatic heterocycles. The number of aliphatic carboxylic acids is 1. The maximum atomic E-state index is 13.5. The van der Waals surface area contributed by atoms with Crippen molar-refractivity contribution in [2.75, 3.05) is 0 Å². The van der Waals surface area contributed by atoms with Crippen LogP contribution in [0.25, 0.3) is 0 Å². The first kappa shape index (κ1) is 10.1. The zero-order valence-corrected chi connectivity index (χ0v) is 8.42. The van der Waals surface area contributed by atoms with Crippen LogP contribution in [0.5, 0.6) is 0 Å². The van der Waals surface area contributed by atoms with E-state index in [9.17, 15) is 9.18 Å². The van der Waals surface area contributed by atoms with E-state index in [1.807, 2.05) is 6.07 Å². The highest BCUT2D eigenvalue weighted by molar-refractivity contribution is 5.67. The van der Waals surface area contributed by atoms with Crippen LogP contribution in [0.4, 0.5) is 4.39 Å². The van der Waals surface area contributed by atoms with Gasteiger partial charge >= 0.3 is 5.97 Å². The minimum atomic E-state index is -0.880. The first-order valence-electron chi connectivity index (χ1n) is 5.19. The van der Waals surface area contributed by atoms with E-state index in [1.54, 1.807) is 6.07 Å². The second-order valence-corrected chi connectivity index (χ2v) is 3.96. The molecular weight excluding hydrogens is 195 g/mol. The highest BCUT2D eigenvalue weighted by Crippen LogP contribution is 2.25. The smallest absolute Gasteiger partial charge is 0.303 e. The van der Waals surface area contributed by atoms with Crippen LogP contribution in [0.15, 0.2) is 12.1 Å². The monoisotopic (exact) mass is 208 g/mol. The summed E-state index contributed by atoms with van der Waals surface area (Å²) in [7, 11) is 0. The normalized spacial score (nSPS) is 13.9. The predicted molar refractivity (Wildman–Crippen MR) is 54.4 cm³/mol. The Morgan fingerprint density at radius 2 is 2.00 bits per heavy atom. The third kappa shape index (κ3) is 2.17. The third-order valence-electron chi connectivity index (χ3n) is 2.87. The number of fused-ring (bicyclic) bond motifs is 1. The van der Waals surface area contributed by atoms with Crippen molar-refractivity contribution in [3.8, 4) is 0 Å². The van der Waals surface area contributed by atoms with Crippen LogP contribution >= 0.6 is 0 Å². The molecule has 0 atom stereocenters. The zero-order chi connectivity index (χ0) is 10.8. The van der Waals surface area contributed by atoms with Gasteiger partial charge < -0.3 is 5.11 Å². The average molecular weight is 208 g/mol. The molecule has 0 spiro atoms. The fourth-order valence-corrected chi connectivity index (χ4v) is 2.08. The molecule has 0 radical (unpaired) electrons. The number of carbonyl (C=O) groups is 1. The number of rotatable bonds is 3. The van der Waals surface area contributed by atoms with Crippen molar-refractivity contribution in [3.63, 3.8) is 0 Å². The lowest BCUT2D eigenvalue weighted by molar-refractivity contribution is -0.136. The van der Waals surface area contributed by atoms with Gasteiger partial charge in [0.15, 0.2) is 0 Å². The van der Waals surface area contributed by atoms with E-state index in [2.05, 4.69) is 0 Å². The Balaban J connectivity index is 2.21. The fourth-order valence-electron chi connectivity index (χ4n) is 2.08. The molecule has 0 heterocycles. The molecule has 0 saturated heterocycles. The van der Waals surface area contributed by atoms with Crippen molar-refractivity contribution in [2.24, 2.45) is 0 Å². The van der Waals surface area contributed by atoms with Crippen molar-refractivity contribution in [1.82, 2.24) is 0 Å². The quantitative estimate of drug-likeness (QED) is 0.827. The highest BCUT2D eigenvalue weighted by atomic mass is 19.1. The molecule has 0 unspecified atom stereocenters. The Morgan fingerprint density at radius 3 is 2.67 bits per heavy atom. The highest BCUT2D eigenvalue weighted by Gasteiger charge is 2.14. The standard InChI is InChI=1S/C12H13FO2/c13-11-7-9-3-1-2-8(9)6-10(11)4-5-12(14)15/h6-7H,1-5H2,(H,14,15). The number of carboxylic acids is 1. The maximum Gasteiger partial charge on any atom is 0.303 e. The van der Waals surface area contributed by atoms with E-state index in [1.165, 1.54) is 5.56 Å². The van der Waals surface area contributed by atoms with Crippen LogP contribution in [-0.2, 0) is 24.1 Å². The maximum absolute atomic E-state index is 13.5. The van der Waals surface area contributed by atoms with Gasteiger partial charge in [0, 0.05) is 6.42 Å². The number of halogens is 1. The fraction of sp³-hybridized carbons (Fsp3) is 0.417. The molecule has 3 heteroatoms. The lowest BCUT2D eigenvalue weighted by Crippen LogP contribution is -2.00. The van der Waals surface area contributed by atoms with Crippen LogP contribution in [0.3, 0.4) is 0 Å². The van der Waals surface area contributed by atoms with Crippen molar-refractivity contribution in [2.45, 2.75) is 32.1 Å². The average Bonchev–Trinajstić information content (AvgIpc) is 2.60. The topological polar surface area (TPSA) is 37.3 Å². The molecule has 80 valence electrons. The van der Waals surface area contributed by atoms with Gasteiger partial charge in [-0.25, -0.2) is 4.39 Å². The molecule has 0 saturated carbocycles. The van der Waals surface area contributed by atoms with E-state index in [0.717, 1.165) is 24.8 Å². The van der Waals surface area contributed by atoms with Crippen LogP contribution in [0, 0.1) is 5.82 Å². The molecule has 1 aromatic carbocycles. The second kappa shape index (κ2) is 4.01. The molecule has 1 N–H and O–H groups in total. The molecule has 1 aliphatic rings. The van der Waals surface area contributed by atoms with E-state index < -0.39 is 5.97 Å². The lowest BCUT2D eigenvalue weighted by atomic mass is 10.0. The number of hydrogen-bond donors (Lipinski definition) is 1. The van der Waals surface area contributed by atoms with E-state index >= 15 is 0 Å². The Labute approximate surface area is 87.7 Å². The molecule has 0 fully saturated rings. The number of hydrogen-bond acceptors (Lipinski definition) is 1. The Kier molecular flexibility index (Phi) is 2.71. The van der Waals surface area contributed by atoms with E-state index in [0.29, 0.717) is 5.56 Å². The van der Waals surface area contributed by atoms with Crippen LogP contribution in [-0.4, -0.2) is 11.1 Å². The minimum absolute atomic E-state index is 0.00426. The first-order valence-corrected chi connectivity index (χ1v) is 5.19. The van der Waals surface area contributed by atoms with Crippen LogP contribution in [0.1, 0.15) is 29.5 Å². The van der Waals surface area contributed by atoms with Gasteiger partial charge in [-0.2, -0.15) is 0 Å². The molecule has 15 heavy (non-hydrogen) atoms. The summed E-state index contributed by atoms with van der Waals surface area (Å²) < 4.78 is 13.5. The van der Waals surface area contributed by atoms with Crippen LogP contribution in [0.2, 0.25) is 0 Å². The summed E-state index contributed by atoms with van der Waals surface area (Å²) in [5.74, 6) is -1.13. The SMILES string of the molecule is O=C(O)CCc1cc2c(cc1F)CCC2. The van der Waals surface area contributed by atoms with Gasteiger partial charge in [0.2, 0.25) is 0 Å². The summed E-state index contributed by atoms with van der Waals surface area (Å²) >= 11 is 0. The number of carboxylic acid groups (broad SMARTS) is 1. The second-order valence-electron chi connectivity index (χ2n) is 3.96. The molecule has 1 aromatic rings. The Bertz CT molecular complexity index is 399. The van der Waals surface area contributed by atoms with Gasteiger partial charge in [0.1, 0.15) is 5.82 Å². The minimum Gasteiger partial charge on any atom is -0.481 e. The third-order valence-corrected chi connectivity index (χ3v) is 2.87. The molecular formula is C12H13FO2.